The van der Waals surface area contributed by atoms with Crippen LogP contribution in [-0.2, 0) is 4.74 Å². The van der Waals surface area contributed by atoms with Crippen LogP contribution in [0, 0.1) is 0 Å². The number of benzene rings is 1. The van der Waals surface area contributed by atoms with Gasteiger partial charge in [-0.2, -0.15) is 5.10 Å². The number of ether oxygens (including phenoxy) is 1. The highest BCUT2D eigenvalue weighted by Crippen LogP contribution is 2.39. The van der Waals surface area contributed by atoms with Gasteiger partial charge in [-0.05, 0) is 70.7 Å². The molecule has 3 atom stereocenters. The highest BCUT2D eigenvalue weighted by Gasteiger charge is 2.45. The molecule has 2 aliphatic rings. The van der Waals surface area contributed by atoms with E-state index in [1.807, 2.05) is 49.9 Å². The van der Waals surface area contributed by atoms with E-state index in [1.165, 1.54) is 0 Å². The molecular formula is C24H29ClN6O2. The molecular weight excluding hydrogens is 440 g/mol. The van der Waals surface area contributed by atoms with Gasteiger partial charge >= 0.3 is 6.09 Å². The molecule has 2 aliphatic heterocycles. The first-order valence-corrected chi connectivity index (χ1v) is 11.8. The van der Waals surface area contributed by atoms with Gasteiger partial charge in [0.25, 0.3) is 0 Å². The van der Waals surface area contributed by atoms with E-state index in [0.717, 1.165) is 53.7 Å². The Kier molecular flexibility index (Phi) is 5.43. The molecule has 8 nitrogen and oxygen atoms in total. The van der Waals surface area contributed by atoms with Crippen LogP contribution in [0.3, 0.4) is 0 Å². The lowest BCUT2D eigenvalue weighted by Gasteiger charge is -2.42. The Bertz CT molecular complexity index is 1160. The third kappa shape index (κ3) is 4.12. The largest absolute Gasteiger partial charge is 0.444 e. The van der Waals surface area contributed by atoms with Crippen LogP contribution < -0.4 is 4.90 Å². The summed E-state index contributed by atoms with van der Waals surface area (Å²) in [4.78, 5) is 16.9. The summed E-state index contributed by atoms with van der Waals surface area (Å²) < 4.78 is 5.66. The van der Waals surface area contributed by atoms with Gasteiger partial charge in [-0.25, -0.2) is 4.79 Å². The van der Waals surface area contributed by atoms with E-state index in [9.17, 15) is 4.79 Å². The molecule has 33 heavy (non-hydrogen) atoms. The molecule has 2 fully saturated rings. The fourth-order valence-corrected chi connectivity index (χ4v) is 5.34. The Morgan fingerprint density at radius 3 is 2.52 bits per heavy atom. The standard InChI is InChI=1S/C24H29ClN6O2/c1-24(2,3)33-23(32)31-14-5-6-15(31)12-16(11-14)30(4)21-10-9-20(27-28-21)17-7-8-19(25)18-13-26-29-22(17)18/h7-10,13-16H,5-6,11-12H2,1-4H3,(H,26,29)/t14-,15?,16?/m1/s1. The summed E-state index contributed by atoms with van der Waals surface area (Å²) >= 11 is 6.27. The minimum Gasteiger partial charge on any atom is -0.444 e. The fraction of sp³-hybridized carbons (Fsp3) is 0.500. The number of nitrogens with zero attached hydrogens (tertiary/aromatic N) is 5. The number of carbonyl (C=O) groups is 1. The number of carbonyl (C=O) groups excluding carboxylic acids is 1. The summed E-state index contributed by atoms with van der Waals surface area (Å²) in [6, 6.07) is 8.48. The molecule has 2 unspecified atom stereocenters. The molecule has 3 aromatic rings. The van der Waals surface area contributed by atoms with Crippen molar-refractivity contribution in [3.8, 4) is 11.3 Å². The number of piperidine rings is 1. The second-order valence-corrected chi connectivity index (χ2v) is 10.4. The lowest BCUT2D eigenvalue weighted by molar-refractivity contribution is 0.00597. The number of amides is 1. The van der Waals surface area contributed by atoms with E-state index in [2.05, 4.69) is 32.3 Å². The molecule has 2 aromatic heterocycles. The summed E-state index contributed by atoms with van der Waals surface area (Å²) in [5.41, 5.74) is 2.05. The minimum absolute atomic E-state index is 0.187. The van der Waals surface area contributed by atoms with Gasteiger partial charge in [-0.15, -0.1) is 10.2 Å². The van der Waals surface area contributed by atoms with Gasteiger partial charge in [0, 0.05) is 36.1 Å². The van der Waals surface area contributed by atoms with Crippen molar-refractivity contribution < 1.29 is 9.53 Å². The van der Waals surface area contributed by atoms with Crippen LogP contribution >= 0.6 is 11.6 Å². The van der Waals surface area contributed by atoms with Crippen LogP contribution in [0.4, 0.5) is 10.6 Å². The summed E-state index contributed by atoms with van der Waals surface area (Å²) in [6.07, 6.45) is 5.39. The molecule has 0 spiro atoms. The van der Waals surface area contributed by atoms with Gasteiger partial charge < -0.3 is 14.5 Å². The van der Waals surface area contributed by atoms with Crippen molar-refractivity contribution in [2.75, 3.05) is 11.9 Å². The van der Waals surface area contributed by atoms with Gasteiger partial charge in [0.1, 0.15) is 5.60 Å². The van der Waals surface area contributed by atoms with E-state index in [4.69, 9.17) is 16.3 Å². The molecule has 0 aliphatic carbocycles. The Labute approximate surface area is 198 Å². The molecule has 5 rings (SSSR count). The quantitative estimate of drug-likeness (QED) is 0.579. The zero-order valence-electron chi connectivity index (χ0n) is 19.4. The van der Waals surface area contributed by atoms with Crippen molar-refractivity contribution in [3.05, 3.63) is 35.5 Å². The number of aromatic amines is 1. The lowest BCUT2D eigenvalue weighted by atomic mass is 9.96. The highest BCUT2D eigenvalue weighted by molar-refractivity contribution is 6.35. The van der Waals surface area contributed by atoms with Crippen molar-refractivity contribution in [2.45, 2.75) is 70.2 Å². The monoisotopic (exact) mass is 468 g/mol. The molecule has 0 saturated carbocycles. The Morgan fingerprint density at radius 1 is 1.15 bits per heavy atom. The second kappa shape index (κ2) is 8.17. The first-order chi connectivity index (χ1) is 15.7. The van der Waals surface area contributed by atoms with E-state index in [1.54, 1.807) is 6.20 Å². The first-order valence-electron chi connectivity index (χ1n) is 11.4. The summed E-state index contributed by atoms with van der Waals surface area (Å²) in [7, 11) is 2.06. The molecule has 174 valence electrons. The number of hydrogen-bond acceptors (Lipinski definition) is 6. The van der Waals surface area contributed by atoms with Crippen LogP contribution in [0.5, 0.6) is 0 Å². The van der Waals surface area contributed by atoms with Gasteiger partial charge in [0.15, 0.2) is 5.82 Å². The van der Waals surface area contributed by atoms with Gasteiger partial charge in [-0.3, -0.25) is 5.10 Å². The number of rotatable bonds is 3. The zero-order chi connectivity index (χ0) is 23.3. The molecule has 2 saturated heterocycles. The normalized spacial score (nSPS) is 22.6. The van der Waals surface area contributed by atoms with Crippen molar-refractivity contribution in [1.82, 2.24) is 25.3 Å². The summed E-state index contributed by atoms with van der Waals surface area (Å²) in [5.74, 6) is 0.823. The smallest absolute Gasteiger partial charge is 0.410 e. The molecule has 4 heterocycles. The predicted octanol–water partition coefficient (Wildman–Crippen LogP) is 5.04. The molecule has 2 bridgehead atoms. The molecule has 1 amide bonds. The molecule has 9 heteroatoms. The average Bonchev–Trinajstić information content (AvgIpc) is 3.36. The number of H-pyrrole nitrogens is 1. The summed E-state index contributed by atoms with van der Waals surface area (Å²) in [5, 5.41) is 17.6. The third-order valence-electron chi connectivity index (χ3n) is 6.71. The number of nitrogens with one attached hydrogen (secondary N) is 1. The van der Waals surface area contributed by atoms with E-state index < -0.39 is 5.60 Å². The van der Waals surface area contributed by atoms with Crippen LogP contribution in [0.2, 0.25) is 5.02 Å². The van der Waals surface area contributed by atoms with Crippen LogP contribution in [0.1, 0.15) is 46.5 Å². The van der Waals surface area contributed by atoms with E-state index in [0.29, 0.717) is 11.1 Å². The van der Waals surface area contributed by atoms with Crippen LogP contribution in [0.15, 0.2) is 30.5 Å². The van der Waals surface area contributed by atoms with Gasteiger partial charge in [0.05, 0.1) is 22.4 Å². The number of halogens is 1. The maximum absolute atomic E-state index is 12.7. The lowest BCUT2D eigenvalue weighted by Crippen LogP contribution is -2.53. The molecule has 0 radical (unpaired) electrons. The second-order valence-electron chi connectivity index (χ2n) is 10.0. The third-order valence-corrected chi connectivity index (χ3v) is 7.04. The minimum atomic E-state index is -0.479. The number of anilines is 1. The van der Waals surface area contributed by atoms with Gasteiger partial charge in [0.2, 0.25) is 0 Å². The Morgan fingerprint density at radius 2 is 1.88 bits per heavy atom. The van der Waals surface area contributed by atoms with Crippen molar-refractivity contribution in [1.29, 1.82) is 0 Å². The average molecular weight is 469 g/mol. The SMILES string of the molecule is CN(c1ccc(-c2ccc(Cl)c3cn[nH]c23)nn1)C1CC2CC[C@H](C1)N2C(=O)OC(C)(C)C. The topological polar surface area (TPSA) is 87.2 Å². The van der Waals surface area contributed by atoms with Crippen molar-refractivity contribution in [2.24, 2.45) is 0 Å². The van der Waals surface area contributed by atoms with Crippen LogP contribution in [0.25, 0.3) is 22.2 Å². The number of hydrogen-bond donors (Lipinski definition) is 1. The van der Waals surface area contributed by atoms with Gasteiger partial charge in [-0.1, -0.05) is 11.6 Å². The number of aromatic nitrogens is 4. The molecule has 1 N–H and O–H groups in total. The first kappa shape index (κ1) is 21.9. The fourth-order valence-electron chi connectivity index (χ4n) is 5.14. The summed E-state index contributed by atoms with van der Waals surface area (Å²) in [6.45, 7) is 5.74. The van der Waals surface area contributed by atoms with E-state index in [-0.39, 0.29) is 18.2 Å². The van der Waals surface area contributed by atoms with E-state index >= 15 is 0 Å². The predicted molar refractivity (Wildman–Crippen MR) is 128 cm³/mol. The Hall–Kier alpha value is -2.87. The molecule has 1 aromatic carbocycles. The van der Waals surface area contributed by atoms with Crippen molar-refractivity contribution in [3.63, 3.8) is 0 Å². The van der Waals surface area contributed by atoms with Crippen LogP contribution in [-0.4, -0.2) is 62.2 Å². The number of fused-ring (bicyclic) bond motifs is 3. The maximum atomic E-state index is 12.7. The van der Waals surface area contributed by atoms with Crippen molar-refractivity contribution >= 4 is 34.4 Å². The zero-order valence-corrected chi connectivity index (χ0v) is 20.1. The maximum Gasteiger partial charge on any atom is 0.410 e. The Balaban J connectivity index is 1.31. The highest BCUT2D eigenvalue weighted by atomic mass is 35.5.